The van der Waals surface area contributed by atoms with E-state index in [1.165, 1.54) is 16.7 Å². The molecule has 1 aromatic carbocycles. The number of anilines is 1. The van der Waals surface area contributed by atoms with Crippen molar-refractivity contribution in [1.82, 2.24) is 10.3 Å². The van der Waals surface area contributed by atoms with Crippen LogP contribution in [0.5, 0.6) is 0 Å². The zero-order valence-corrected chi connectivity index (χ0v) is 14.5. The maximum absolute atomic E-state index is 12.3. The Kier molecular flexibility index (Phi) is 5.00. The summed E-state index contributed by atoms with van der Waals surface area (Å²) in [6.45, 7) is 0.437. The largest absolute Gasteiger partial charge is 0.476 e. The number of aromatic nitrogens is 1. The third-order valence-corrected chi connectivity index (χ3v) is 4.92. The molecule has 2 heterocycles. The molecule has 0 bridgehead atoms. The Morgan fingerprint density at radius 1 is 1.36 bits per heavy atom. The van der Waals surface area contributed by atoms with Gasteiger partial charge in [-0.05, 0) is 24.3 Å². The number of carboxylic acid groups (broad SMARTS) is 1. The van der Waals surface area contributed by atoms with Crippen LogP contribution in [0.4, 0.5) is 5.69 Å². The number of nitrogens with one attached hydrogen (secondary N) is 1. The summed E-state index contributed by atoms with van der Waals surface area (Å²) in [6, 6.07) is 6.87. The first-order valence-corrected chi connectivity index (χ1v) is 8.71. The first-order chi connectivity index (χ1) is 11.9. The van der Waals surface area contributed by atoms with Crippen LogP contribution in [0.25, 0.3) is 0 Å². The second-order valence-electron chi connectivity index (χ2n) is 5.53. The molecule has 0 radical (unpaired) electrons. The zero-order chi connectivity index (χ0) is 18.0. The van der Waals surface area contributed by atoms with Crippen LogP contribution >= 0.6 is 22.9 Å². The van der Waals surface area contributed by atoms with Crippen molar-refractivity contribution in [2.24, 2.45) is 5.92 Å². The minimum Gasteiger partial charge on any atom is -0.476 e. The van der Waals surface area contributed by atoms with Gasteiger partial charge in [0.2, 0.25) is 11.8 Å². The monoisotopic (exact) mass is 379 g/mol. The number of thiazole rings is 1. The highest BCUT2D eigenvalue weighted by molar-refractivity contribution is 7.09. The fourth-order valence-corrected chi connectivity index (χ4v) is 3.38. The number of hydrogen-bond donors (Lipinski definition) is 2. The summed E-state index contributed by atoms with van der Waals surface area (Å²) in [4.78, 5) is 40.7. The summed E-state index contributed by atoms with van der Waals surface area (Å²) in [7, 11) is 0. The molecule has 1 saturated heterocycles. The lowest BCUT2D eigenvalue weighted by Gasteiger charge is -2.16. The van der Waals surface area contributed by atoms with Crippen molar-refractivity contribution in [3.05, 3.63) is 45.4 Å². The van der Waals surface area contributed by atoms with Crippen LogP contribution in [-0.4, -0.2) is 34.4 Å². The third-order valence-electron chi connectivity index (χ3n) is 3.82. The van der Waals surface area contributed by atoms with Crippen molar-refractivity contribution in [3.8, 4) is 0 Å². The molecule has 9 heteroatoms. The number of hydrogen-bond acceptors (Lipinski definition) is 5. The number of aromatic carboxylic acids is 1. The number of carbonyl (C=O) groups excluding carboxylic acids is 2. The molecular formula is C16H14ClN3O4S. The number of nitrogens with zero attached hydrogens (tertiary/aromatic N) is 2. The molecule has 2 N–H and O–H groups in total. The summed E-state index contributed by atoms with van der Waals surface area (Å²) in [5.74, 6) is -1.93. The van der Waals surface area contributed by atoms with E-state index in [0.717, 1.165) is 0 Å². The van der Waals surface area contributed by atoms with Gasteiger partial charge in [0.05, 0.1) is 12.5 Å². The van der Waals surface area contributed by atoms with Gasteiger partial charge in [-0.1, -0.05) is 11.6 Å². The predicted molar refractivity (Wildman–Crippen MR) is 92.8 cm³/mol. The molecule has 2 amide bonds. The highest BCUT2D eigenvalue weighted by Gasteiger charge is 2.35. The highest BCUT2D eigenvalue weighted by atomic mass is 35.5. The third kappa shape index (κ3) is 3.97. The number of carboxylic acids is 1. The van der Waals surface area contributed by atoms with Gasteiger partial charge in [0, 0.05) is 29.1 Å². The minimum atomic E-state index is -1.10. The van der Waals surface area contributed by atoms with E-state index < -0.39 is 11.9 Å². The molecular weight excluding hydrogens is 366 g/mol. The molecule has 1 atom stereocenters. The molecule has 1 aromatic heterocycles. The van der Waals surface area contributed by atoms with Gasteiger partial charge in [0.1, 0.15) is 5.01 Å². The van der Waals surface area contributed by atoms with Gasteiger partial charge in [-0.15, -0.1) is 11.3 Å². The van der Waals surface area contributed by atoms with E-state index in [1.54, 1.807) is 29.2 Å². The van der Waals surface area contributed by atoms with E-state index in [4.69, 9.17) is 16.7 Å². The van der Waals surface area contributed by atoms with Crippen LogP contribution in [0.1, 0.15) is 21.9 Å². The molecule has 1 unspecified atom stereocenters. The van der Waals surface area contributed by atoms with E-state index in [9.17, 15) is 14.4 Å². The quantitative estimate of drug-likeness (QED) is 0.829. The topological polar surface area (TPSA) is 99.6 Å². The molecule has 7 nitrogen and oxygen atoms in total. The van der Waals surface area contributed by atoms with E-state index in [-0.39, 0.29) is 30.5 Å². The fraction of sp³-hybridized carbons (Fsp3) is 0.250. The van der Waals surface area contributed by atoms with Crippen molar-refractivity contribution in [3.63, 3.8) is 0 Å². The second kappa shape index (κ2) is 7.20. The summed E-state index contributed by atoms with van der Waals surface area (Å²) >= 11 is 7.01. The van der Waals surface area contributed by atoms with Gasteiger partial charge in [-0.25, -0.2) is 9.78 Å². The number of carbonyl (C=O) groups is 3. The SMILES string of the molecule is O=C(O)c1csc(CNC(=O)C2CC(=O)N(c3ccc(Cl)cc3)C2)n1. The van der Waals surface area contributed by atoms with Crippen molar-refractivity contribution >= 4 is 46.4 Å². The molecule has 1 aliphatic heterocycles. The Bertz CT molecular complexity index is 821. The normalized spacial score (nSPS) is 16.9. The van der Waals surface area contributed by atoms with Crippen LogP contribution in [0.15, 0.2) is 29.6 Å². The maximum Gasteiger partial charge on any atom is 0.355 e. The Hall–Kier alpha value is -2.45. The Balaban J connectivity index is 1.58. The molecule has 3 rings (SSSR count). The first kappa shape index (κ1) is 17.4. The molecule has 130 valence electrons. The summed E-state index contributed by atoms with van der Waals surface area (Å²) in [5.41, 5.74) is 0.662. The molecule has 25 heavy (non-hydrogen) atoms. The molecule has 2 aromatic rings. The van der Waals surface area contributed by atoms with E-state index in [1.807, 2.05) is 0 Å². The first-order valence-electron chi connectivity index (χ1n) is 7.45. The summed E-state index contributed by atoms with van der Waals surface area (Å²) in [5, 5.41) is 14.1. The molecule has 0 aliphatic carbocycles. The lowest BCUT2D eigenvalue weighted by molar-refractivity contribution is -0.126. The highest BCUT2D eigenvalue weighted by Crippen LogP contribution is 2.26. The Morgan fingerprint density at radius 3 is 2.72 bits per heavy atom. The second-order valence-corrected chi connectivity index (χ2v) is 6.91. The van der Waals surface area contributed by atoms with Gasteiger partial charge in [-0.3, -0.25) is 9.59 Å². The van der Waals surface area contributed by atoms with Crippen LogP contribution in [0, 0.1) is 5.92 Å². The van der Waals surface area contributed by atoms with Gasteiger partial charge in [0.25, 0.3) is 0 Å². The summed E-state index contributed by atoms with van der Waals surface area (Å²) in [6.07, 6.45) is 0.132. The van der Waals surface area contributed by atoms with Gasteiger partial charge in [-0.2, -0.15) is 0 Å². The van der Waals surface area contributed by atoms with Crippen LogP contribution < -0.4 is 10.2 Å². The van der Waals surface area contributed by atoms with Crippen LogP contribution in [-0.2, 0) is 16.1 Å². The molecule has 1 aliphatic rings. The molecule has 1 fully saturated rings. The van der Waals surface area contributed by atoms with Gasteiger partial charge >= 0.3 is 5.97 Å². The van der Waals surface area contributed by atoms with Crippen LogP contribution in [0.2, 0.25) is 5.02 Å². The lowest BCUT2D eigenvalue weighted by Crippen LogP contribution is -2.32. The average Bonchev–Trinajstić information content (AvgIpc) is 3.20. The Morgan fingerprint density at radius 2 is 2.08 bits per heavy atom. The maximum atomic E-state index is 12.3. The number of amides is 2. The average molecular weight is 380 g/mol. The zero-order valence-electron chi connectivity index (χ0n) is 12.9. The molecule has 0 saturated carbocycles. The number of rotatable bonds is 5. The van der Waals surface area contributed by atoms with Crippen molar-refractivity contribution in [2.45, 2.75) is 13.0 Å². The lowest BCUT2D eigenvalue weighted by atomic mass is 10.1. The number of benzene rings is 1. The minimum absolute atomic E-state index is 0.0424. The summed E-state index contributed by atoms with van der Waals surface area (Å²) < 4.78 is 0. The van der Waals surface area contributed by atoms with Crippen molar-refractivity contribution < 1.29 is 19.5 Å². The Labute approximate surface area is 152 Å². The van der Waals surface area contributed by atoms with E-state index in [2.05, 4.69) is 10.3 Å². The van der Waals surface area contributed by atoms with Gasteiger partial charge in [0.15, 0.2) is 5.69 Å². The van der Waals surface area contributed by atoms with E-state index in [0.29, 0.717) is 22.3 Å². The smallest absolute Gasteiger partial charge is 0.355 e. The standard InChI is InChI=1S/C16H14ClN3O4S/c17-10-1-3-11(4-2-10)20-7-9(5-14(20)21)15(22)18-6-13-19-12(8-25-13)16(23)24/h1-4,8-9H,5-7H2,(H,18,22)(H,23,24). The number of halogens is 1. The van der Waals surface area contributed by atoms with Crippen molar-refractivity contribution in [2.75, 3.05) is 11.4 Å². The van der Waals surface area contributed by atoms with Gasteiger partial charge < -0.3 is 15.3 Å². The van der Waals surface area contributed by atoms with Crippen molar-refractivity contribution in [1.29, 1.82) is 0 Å². The van der Waals surface area contributed by atoms with Crippen LogP contribution in [0.3, 0.4) is 0 Å². The van der Waals surface area contributed by atoms with E-state index >= 15 is 0 Å². The fourth-order valence-electron chi connectivity index (χ4n) is 2.55. The predicted octanol–water partition coefficient (Wildman–Crippen LogP) is 2.16. The molecule has 0 spiro atoms.